The van der Waals surface area contributed by atoms with Crippen molar-refractivity contribution in [3.63, 3.8) is 0 Å². The van der Waals surface area contributed by atoms with E-state index in [1.54, 1.807) is 36.2 Å². The minimum atomic E-state index is -0.0771. The first-order chi connectivity index (χ1) is 10.1. The molecule has 2 N–H and O–H groups in total. The number of hydrogen-bond donors (Lipinski definition) is 1. The van der Waals surface area contributed by atoms with Crippen molar-refractivity contribution >= 4 is 29.3 Å². The molecule has 0 aliphatic carbocycles. The van der Waals surface area contributed by atoms with Gasteiger partial charge in [0.25, 0.3) is 0 Å². The first-order valence-corrected chi connectivity index (χ1v) is 6.96. The molecule has 0 aliphatic heterocycles. The van der Waals surface area contributed by atoms with Crippen molar-refractivity contribution in [3.8, 4) is 0 Å². The zero-order valence-corrected chi connectivity index (χ0v) is 12.5. The Morgan fingerprint density at radius 2 is 1.86 bits per heavy atom. The molecule has 0 saturated heterocycles. The van der Waals surface area contributed by atoms with Gasteiger partial charge in [-0.05, 0) is 35.4 Å². The number of carbonyl (C=O) groups excluding carboxylic acids is 1. The quantitative estimate of drug-likeness (QED) is 0.693. The highest BCUT2D eigenvalue weighted by Crippen LogP contribution is 2.16. The van der Waals surface area contributed by atoms with Gasteiger partial charge >= 0.3 is 0 Å². The van der Waals surface area contributed by atoms with Gasteiger partial charge in [0.15, 0.2) is 0 Å². The molecule has 0 spiro atoms. The van der Waals surface area contributed by atoms with Crippen LogP contribution in [0.15, 0.2) is 54.6 Å². The number of nitrogens with zero attached hydrogens (tertiary/aromatic N) is 1. The summed E-state index contributed by atoms with van der Waals surface area (Å²) in [7, 11) is 1.75. The molecule has 1 amide bonds. The first kappa shape index (κ1) is 15.1. The lowest BCUT2D eigenvalue weighted by atomic mass is 10.2. The topological polar surface area (TPSA) is 46.3 Å². The van der Waals surface area contributed by atoms with Crippen molar-refractivity contribution in [2.24, 2.45) is 0 Å². The summed E-state index contributed by atoms with van der Waals surface area (Å²) < 4.78 is 0. The average molecular weight is 301 g/mol. The molecule has 2 aromatic rings. The third-order valence-electron chi connectivity index (χ3n) is 3.10. The van der Waals surface area contributed by atoms with Crippen LogP contribution in [0.1, 0.15) is 11.1 Å². The van der Waals surface area contributed by atoms with E-state index in [1.807, 2.05) is 36.4 Å². The van der Waals surface area contributed by atoms with E-state index in [0.29, 0.717) is 17.3 Å². The second kappa shape index (κ2) is 6.95. The Balaban J connectivity index is 1.99. The summed E-state index contributed by atoms with van der Waals surface area (Å²) in [4.78, 5) is 13.7. The molecule has 2 rings (SSSR count). The zero-order valence-electron chi connectivity index (χ0n) is 11.8. The van der Waals surface area contributed by atoms with Gasteiger partial charge in [0.2, 0.25) is 5.91 Å². The van der Waals surface area contributed by atoms with Gasteiger partial charge in [-0.25, -0.2) is 0 Å². The van der Waals surface area contributed by atoms with Crippen LogP contribution >= 0.6 is 11.6 Å². The molecule has 3 nitrogen and oxygen atoms in total. The molecule has 0 aliphatic rings. The lowest BCUT2D eigenvalue weighted by Gasteiger charge is -2.16. The number of halogens is 1. The van der Waals surface area contributed by atoms with E-state index in [0.717, 1.165) is 11.1 Å². The van der Waals surface area contributed by atoms with E-state index in [9.17, 15) is 4.79 Å². The summed E-state index contributed by atoms with van der Waals surface area (Å²) >= 11 is 6.09. The third-order valence-corrected chi connectivity index (χ3v) is 3.47. The summed E-state index contributed by atoms with van der Waals surface area (Å²) in [6.45, 7) is 0.477. The number of carbonyl (C=O) groups is 1. The van der Waals surface area contributed by atoms with Gasteiger partial charge in [0.1, 0.15) is 0 Å². The SMILES string of the molecule is CN(Cc1ccccc1Cl)C(=O)/C=C/c1ccc(N)cc1. The molecule has 0 bridgehead atoms. The molecule has 2 aromatic carbocycles. The summed E-state index contributed by atoms with van der Waals surface area (Å²) in [5, 5.41) is 0.666. The van der Waals surface area contributed by atoms with E-state index in [-0.39, 0.29) is 5.91 Å². The van der Waals surface area contributed by atoms with Crippen LogP contribution in [0.4, 0.5) is 5.69 Å². The molecular formula is C17H17ClN2O. The minimum Gasteiger partial charge on any atom is -0.399 e. The molecule has 4 heteroatoms. The van der Waals surface area contributed by atoms with Gasteiger partial charge in [0.05, 0.1) is 0 Å². The summed E-state index contributed by atoms with van der Waals surface area (Å²) in [5.41, 5.74) is 8.18. The van der Waals surface area contributed by atoms with E-state index < -0.39 is 0 Å². The molecule has 21 heavy (non-hydrogen) atoms. The standard InChI is InChI=1S/C17H17ClN2O/c1-20(12-14-4-2-3-5-16(14)18)17(21)11-8-13-6-9-15(19)10-7-13/h2-11H,12,19H2,1H3/b11-8+. The largest absolute Gasteiger partial charge is 0.399 e. The number of benzene rings is 2. The van der Waals surface area contributed by atoms with Crippen LogP contribution in [0.3, 0.4) is 0 Å². The highest BCUT2D eigenvalue weighted by molar-refractivity contribution is 6.31. The van der Waals surface area contributed by atoms with Gasteiger partial charge in [-0.1, -0.05) is 41.9 Å². The van der Waals surface area contributed by atoms with Gasteiger partial charge < -0.3 is 10.6 Å². The predicted molar refractivity (Wildman–Crippen MR) is 87.8 cm³/mol. The number of nitrogen functional groups attached to an aromatic ring is 1. The summed E-state index contributed by atoms with van der Waals surface area (Å²) in [6, 6.07) is 14.9. The Bertz CT molecular complexity index is 650. The molecule has 0 atom stereocenters. The van der Waals surface area contributed by atoms with Crippen LogP contribution in [0, 0.1) is 0 Å². The molecule has 0 saturated carbocycles. The van der Waals surface area contributed by atoms with Crippen LogP contribution in [-0.4, -0.2) is 17.9 Å². The summed E-state index contributed by atoms with van der Waals surface area (Å²) in [6.07, 6.45) is 3.31. The smallest absolute Gasteiger partial charge is 0.246 e. The van der Waals surface area contributed by atoms with Crippen LogP contribution in [-0.2, 0) is 11.3 Å². The van der Waals surface area contributed by atoms with Crippen LogP contribution < -0.4 is 5.73 Å². The number of amides is 1. The van der Waals surface area contributed by atoms with Crippen molar-refractivity contribution in [3.05, 3.63) is 70.8 Å². The van der Waals surface area contributed by atoms with E-state index >= 15 is 0 Å². The minimum absolute atomic E-state index is 0.0771. The normalized spacial score (nSPS) is 10.8. The third kappa shape index (κ3) is 4.36. The second-order valence-corrected chi connectivity index (χ2v) is 5.19. The zero-order chi connectivity index (χ0) is 15.2. The van der Waals surface area contributed by atoms with Gasteiger partial charge in [-0.2, -0.15) is 0 Å². The van der Waals surface area contributed by atoms with Crippen molar-refractivity contribution < 1.29 is 4.79 Å². The summed E-state index contributed by atoms with van der Waals surface area (Å²) in [5.74, 6) is -0.0771. The van der Waals surface area contributed by atoms with Crippen molar-refractivity contribution in [2.45, 2.75) is 6.54 Å². The molecule has 0 aromatic heterocycles. The highest BCUT2D eigenvalue weighted by atomic mass is 35.5. The lowest BCUT2D eigenvalue weighted by molar-refractivity contribution is -0.125. The van der Waals surface area contributed by atoms with Crippen LogP contribution in [0.2, 0.25) is 5.02 Å². The van der Waals surface area contributed by atoms with Crippen molar-refractivity contribution in [1.82, 2.24) is 4.90 Å². The molecule has 0 heterocycles. The Hall–Kier alpha value is -2.26. The van der Waals surface area contributed by atoms with E-state index in [1.165, 1.54) is 0 Å². The van der Waals surface area contributed by atoms with Crippen molar-refractivity contribution in [2.75, 3.05) is 12.8 Å². The van der Waals surface area contributed by atoms with Crippen LogP contribution in [0.5, 0.6) is 0 Å². The number of likely N-dealkylation sites (N-methyl/N-ethyl adjacent to an activating group) is 1. The van der Waals surface area contributed by atoms with Gasteiger partial charge in [-0.15, -0.1) is 0 Å². The Kier molecular flexibility index (Phi) is 5.01. The lowest BCUT2D eigenvalue weighted by Crippen LogP contribution is -2.24. The maximum absolute atomic E-state index is 12.1. The predicted octanol–water partition coefficient (Wildman–Crippen LogP) is 3.59. The molecule has 108 valence electrons. The fourth-order valence-corrected chi connectivity index (χ4v) is 2.06. The Morgan fingerprint density at radius 3 is 2.52 bits per heavy atom. The molecule has 0 fully saturated rings. The van der Waals surface area contributed by atoms with Gasteiger partial charge in [-0.3, -0.25) is 4.79 Å². The monoisotopic (exact) mass is 300 g/mol. The first-order valence-electron chi connectivity index (χ1n) is 6.58. The Morgan fingerprint density at radius 1 is 1.19 bits per heavy atom. The maximum Gasteiger partial charge on any atom is 0.246 e. The van der Waals surface area contributed by atoms with E-state index in [4.69, 9.17) is 17.3 Å². The fourth-order valence-electron chi connectivity index (χ4n) is 1.86. The van der Waals surface area contributed by atoms with Gasteiger partial charge in [0, 0.05) is 30.4 Å². The maximum atomic E-state index is 12.1. The number of anilines is 1. The number of rotatable bonds is 4. The molecular weight excluding hydrogens is 284 g/mol. The second-order valence-electron chi connectivity index (χ2n) is 4.79. The van der Waals surface area contributed by atoms with Crippen LogP contribution in [0.25, 0.3) is 6.08 Å². The average Bonchev–Trinajstić information content (AvgIpc) is 2.48. The number of hydrogen-bond acceptors (Lipinski definition) is 2. The highest BCUT2D eigenvalue weighted by Gasteiger charge is 2.07. The number of nitrogens with two attached hydrogens (primary N) is 1. The molecule has 0 radical (unpaired) electrons. The molecule has 0 unspecified atom stereocenters. The fraction of sp³-hybridized carbons (Fsp3) is 0.118. The Labute approximate surface area is 129 Å². The van der Waals surface area contributed by atoms with E-state index in [2.05, 4.69) is 0 Å². The van der Waals surface area contributed by atoms with Crippen molar-refractivity contribution in [1.29, 1.82) is 0 Å².